The van der Waals surface area contributed by atoms with Gasteiger partial charge in [0.05, 0.1) is 6.20 Å². The minimum atomic E-state index is -0.0505. The van der Waals surface area contributed by atoms with Crippen LogP contribution in [0.5, 0.6) is 0 Å². The summed E-state index contributed by atoms with van der Waals surface area (Å²) in [5, 5.41) is 0.604. The summed E-state index contributed by atoms with van der Waals surface area (Å²) in [7, 11) is 0. The zero-order chi connectivity index (χ0) is 12.5. The van der Waals surface area contributed by atoms with Gasteiger partial charge in [0.1, 0.15) is 11.3 Å². The van der Waals surface area contributed by atoms with E-state index in [0.29, 0.717) is 21.9 Å². The Hall–Kier alpha value is -2.13. The van der Waals surface area contributed by atoms with Crippen molar-refractivity contribution in [2.24, 2.45) is 0 Å². The van der Waals surface area contributed by atoms with Gasteiger partial charge in [0.15, 0.2) is 0 Å². The molecule has 0 N–H and O–H groups in total. The van der Waals surface area contributed by atoms with Crippen LogP contribution < -0.4 is 0 Å². The zero-order valence-electron chi connectivity index (χ0n) is 9.38. The van der Waals surface area contributed by atoms with Crippen LogP contribution in [0.1, 0.15) is 16.1 Å². The van der Waals surface area contributed by atoms with E-state index >= 15 is 0 Å². The lowest BCUT2D eigenvalue weighted by Gasteiger charge is -2.01. The first-order valence-electron chi connectivity index (χ1n) is 5.48. The van der Waals surface area contributed by atoms with Crippen molar-refractivity contribution < 1.29 is 4.79 Å². The Morgan fingerprint density at radius 1 is 1.17 bits per heavy atom. The molecule has 2 heterocycles. The molecule has 0 atom stereocenters. The van der Waals surface area contributed by atoms with Gasteiger partial charge in [0.2, 0.25) is 5.78 Å². The number of halogens is 1. The van der Waals surface area contributed by atoms with Crippen LogP contribution in [0.3, 0.4) is 0 Å². The standard InChI is InChI=1S/C14H9ClN2O/c15-11-6-7-17-12(9-16-13(17)8-11)14(18)10-4-2-1-3-5-10/h1-9H. The summed E-state index contributed by atoms with van der Waals surface area (Å²) in [5.74, 6) is -0.0505. The van der Waals surface area contributed by atoms with Crippen molar-refractivity contribution in [3.8, 4) is 0 Å². The first-order chi connectivity index (χ1) is 8.75. The normalized spacial score (nSPS) is 10.7. The summed E-state index contributed by atoms with van der Waals surface area (Å²) in [4.78, 5) is 16.5. The highest BCUT2D eigenvalue weighted by Gasteiger charge is 2.13. The average Bonchev–Trinajstić information content (AvgIpc) is 2.81. The highest BCUT2D eigenvalue weighted by atomic mass is 35.5. The second kappa shape index (κ2) is 4.27. The predicted octanol–water partition coefficient (Wildman–Crippen LogP) is 3.22. The van der Waals surface area contributed by atoms with E-state index in [0.717, 1.165) is 0 Å². The molecule has 3 aromatic rings. The van der Waals surface area contributed by atoms with Crippen molar-refractivity contribution in [1.29, 1.82) is 0 Å². The van der Waals surface area contributed by atoms with Gasteiger partial charge in [0.25, 0.3) is 0 Å². The van der Waals surface area contributed by atoms with Crippen molar-refractivity contribution in [3.05, 3.63) is 71.1 Å². The van der Waals surface area contributed by atoms with Gasteiger partial charge >= 0.3 is 0 Å². The number of pyridine rings is 1. The number of rotatable bonds is 2. The molecular weight excluding hydrogens is 248 g/mol. The van der Waals surface area contributed by atoms with Gasteiger partial charge in [0, 0.05) is 22.8 Å². The number of hydrogen-bond donors (Lipinski definition) is 0. The SMILES string of the molecule is O=C(c1ccccc1)c1cnc2cc(Cl)ccn12. The minimum Gasteiger partial charge on any atom is -0.297 e. The number of hydrogen-bond acceptors (Lipinski definition) is 2. The third-order valence-corrected chi connectivity index (χ3v) is 2.98. The number of fused-ring (bicyclic) bond motifs is 1. The lowest BCUT2D eigenvalue weighted by Crippen LogP contribution is -2.04. The molecule has 18 heavy (non-hydrogen) atoms. The van der Waals surface area contributed by atoms with E-state index in [4.69, 9.17) is 11.6 Å². The van der Waals surface area contributed by atoms with Crippen LogP contribution in [-0.2, 0) is 0 Å². The van der Waals surface area contributed by atoms with E-state index in [1.807, 2.05) is 18.2 Å². The molecule has 4 heteroatoms. The molecule has 0 fully saturated rings. The quantitative estimate of drug-likeness (QED) is 0.660. The molecule has 0 radical (unpaired) electrons. The number of benzene rings is 1. The first-order valence-corrected chi connectivity index (χ1v) is 5.86. The molecule has 3 nitrogen and oxygen atoms in total. The van der Waals surface area contributed by atoms with Crippen LogP contribution in [-0.4, -0.2) is 15.2 Å². The van der Waals surface area contributed by atoms with E-state index in [1.54, 1.807) is 41.1 Å². The van der Waals surface area contributed by atoms with Crippen molar-refractivity contribution in [3.63, 3.8) is 0 Å². The van der Waals surface area contributed by atoms with Gasteiger partial charge in [-0.05, 0) is 6.07 Å². The van der Waals surface area contributed by atoms with Crippen LogP contribution in [0.4, 0.5) is 0 Å². The third kappa shape index (κ3) is 1.79. The highest BCUT2D eigenvalue weighted by molar-refractivity contribution is 6.30. The molecule has 3 rings (SSSR count). The van der Waals surface area contributed by atoms with Crippen molar-refractivity contribution in [2.45, 2.75) is 0 Å². The van der Waals surface area contributed by atoms with Gasteiger partial charge in [-0.15, -0.1) is 0 Å². The third-order valence-electron chi connectivity index (χ3n) is 2.74. The molecular formula is C14H9ClN2O. The van der Waals surface area contributed by atoms with E-state index in [9.17, 15) is 4.79 Å². The summed E-state index contributed by atoms with van der Waals surface area (Å²) < 4.78 is 1.74. The van der Waals surface area contributed by atoms with E-state index < -0.39 is 0 Å². The van der Waals surface area contributed by atoms with Gasteiger partial charge in [-0.25, -0.2) is 4.98 Å². The molecule has 0 bridgehead atoms. The fourth-order valence-corrected chi connectivity index (χ4v) is 2.02. The maximum absolute atomic E-state index is 12.3. The Morgan fingerprint density at radius 3 is 2.72 bits per heavy atom. The molecule has 0 spiro atoms. The zero-order valence-corrected chi connectivity index (χ0v) is 10.1. The number of nitrogens with zero attached hydrogens (tertiary/aromatic N) is 2. The van der Waals surface area contributed by atoms with Gasteiger partial charge in [-0.2, -0.15) is 0 Å². The Labute approximate surface area is 109 Å². The molecule has 88 valence electrons. The largest absolute Gasteiger partial charge is 0.297 e. The molecule has 0 aliphatic carbocycles. The van der Waals surface area contributed by atoms with Crippen LogP contribution in [0.2, 0.25) is 5.02 Å². The van der Waals surface area contributed by atoms with Gasteiger partial charge < -0.3 is 0 Å². The average molecular weight is 257 g/mol. The van der Waals surface area contributed by atoms with Crippen molar-refractivity contribution >= 4 is 23.0 Å². The van der Waals surface area contributed by atoms with Crippen LogP contribution in [0, 0.1) is 0 Å². The van der Waals surface area contributed by atoms with E-state index in [-0.39, 0.29) is 5.78 Å². The second-order valence-electron chi connectivity index (χ2n) is 3.91. The summed E-state index contributed by atoms with van der Waals surface area (Å²) in [6, 6.07) is 12.6. The minimum absolute atomic E-state index is 0.0505. The summed E-state index contributed by atoms with van der Waals surface area (Å²) in [6.45, 7) is 0. The maximum Gasteiger partial charge on any atom is 0.211 e. The Balaban J connectivity index is 2.13. The number of carbonyl (C=O) groups is 1. The summed E-state index contributed by atoms with van der Waals surface area (Å²) in [5.41, 5.74) is 1.85. The van der Waals surface area contributed by atoms with Crippen LogP contribution >= 0.6 is 11.6 Å². The van der Waals surface area contributed by atoms with Crippen molar-refractivity contribution in [1.82, 2.24) is 9.38 Å². The molecule has 0 saturated carbocycles. The molecule has 1 aromatic carbocycles. The van der Waals surface area contributed by atoms with E-state index in [1.165, 1.54) is 0 Å². The monoisotopic (exact) mass is 256 g/mol. The summed E-state index contributed by atoms with van der Waals surface area (Å²) in [6.07, 6.45) is 3.32. The number of aromatic nitrogens is 2. The highest BCUT2D eigenvalue weighted by Crippen LogP contribution is 2.15. The fraction of sp³-hybridized carbons (Fsp3) is 0. The number of imidazole rings is 1. The molecule has 0 aliphatic heterocycles. The molecule has 0 saturated heterocycles. The molecule has 0 unspecified atom stereocenters. The Bertz CT molecular complexity index is 719. The van der Waals surface area contributed by atoms with E-state index in [2.05, 4.69) is 4.98 Å². The Morgan fingerprint density at radius 2 is 1.94 bits per heavy atom. The first kappa shape index (κ1) is 11.0. The lowest BCUT2D eigenvalue weighted by molar-refractivity contribution is 0.103. The lowest BCUT2D eigenvalue weighted by atomic mass is 10.1. The summed E-state index contributed by atoms with van der Waals surface area (Å²) >= 11 is 5.89. The molecule has 2 aromatic heterocycles. The van der Waals surface area contributed by atoms with Gasteiger partial charge in [-0.3, -0.25) is 9.20 Å². The number of carbonyl (C=O) groups excluding carboxylic acids is 1. The molecule has 0 aliphatic rings. The predicted molar refractivity (Wildman–Crippen MR) is 70.1 cm³/mol. The molecule has 0 amide bonds. The second-order valence-corrected chi connectivity index (χ2v) is 4.35. The van der Waals surface area contributed by atoms with Crippen LogP contribution in [0.25, 0.3) is 5.65 Å². The topological polar surface area (TPSA) is 34.4 Å². The fourth-order valence-electron chi connectivity index (χ4n) is 1.86. The smallest absolute Gasteiger partial charge is 0.211 e. The van der Waals surface area contributed by atoms with Gasteiger partial charge in [-0.1, -0.05) is 41.9 Å². The van der Waals surface area contributed by atoms with Crippen molar-refractivity contribution in [2.75, 3.05) is 0 Å². The Kier molecular flexibility index (Phi) is 2.61. The number of ketones is 1. The maximum atomic E-state index is 12.3. The van der Waals surface area contributed by atoms with Crippen LogP contribution in [0.15, 0.2) is 54.9 Å².